The first-order valence-electron chi connectivity index (χ1n) is 14.5. The standard InChI is InChI=1S/C37H44O3/c1-27(2)26-35(37(4,5)6)31-20-22-32(23-21-31)40-28(3)38-24-25-39-36-33(29-14-9-7-10-15-29)18-13-19-34(36)30-16-11-8-12-17-30/h7-23,27-28,35H,24-26H2,1-6H3. The highest BCUT2D eigenvalue weighted by atomic mass is 16.7. The summed E-state index contributed by atoms with van der Waals surface area (Å²) >= 11 is 0. The zero-order valence-corrected chi connectivity index (χ0v) is 24.9. The summed E-state index contributed by atoms with van der Waals surface area (Å²) in [5.74, 6) is 2.84. The second kappa shape index (κ2) is 13.7. The maximum absolute atomic E-state index is 6.40. The third-order valence-corrected chi connectivity index (χ3v) is 7.20. The van der Waals surface area contributed by atoms with Gasteiger partial charge in [-0.3, -0.25) is 0 Å². The van der Waals surface area contributed by atoms with E-state index in [4.69, 9.17) is 14.2 Å². The molecule has 0 amide bonds. The van der Waals surface area contributed by atoms with E-state index in [9.17, 15) is 0 Å². The summed E-state index contributed by atoms with van der Waals surface area (Å²) in [6, 6.07) is 35.6. The van der Waals surface area contributed by atoms with Crippen LogP contribution in [-0.2, 0) is 4.74 Å². The largest absolute Gasteiger partial charge is 0.490 e. The van der Waals surface area contributed by atoms with E-state index in [-0.39, 0.29) is 11.7 Å². The Morgan fingerprint density at radius 1 is 0.625 bits per heavy atom. The van der Waals surface area contributed by atoms with Crippen molar-refractivity contribution >= 4 is 0 Å². The molecule has 0 saturated carbocycles. The first kappa shape index (κ1) is 29.4. The lowest BCUT2D eigenvalue weighted by atomic mass is 9.72. The van der Waals surface area contributed by atoms with Crippen LogP contribution in [0.4, 0.5) is 0 Å². The van der Waals surface area contributed by atoms with E-state index < -0.39 is 0 Å². The van der Waals surface area contributed by atoms with Crippen LogP contribution < -0.4 is 9.47 Å². The molecule has 0 fully saturated rings. The lowest BCUT2D eigenvalue weighted by molar-refractivity contribution is -0.0738. The van der Waals surface area contributed by atoms with Crippen molar-refractivity contribution in [3.63, 3.8) is 0 Å². The van der Waals surface area contributed by atoms with Crippen molar-refractivity contribution in [3.8, 4) is 33.8 Å². The minimum absolute atomic E-state index is 0.211. The van der Waals surface area contributed by atoms with Gasteiger partial charge in [-0.05, 0) is 59.4 Å². The van der Waals surface area contributed by atoms with Gasteiger partial charge in [-0.15, -0.1) is 0 Å². The van der Waals surface area contributed by atoms with Crippen molar-refractivity contribution < 1.29 is 14.2 Å². The number of para-hydroxylation sites is 1. The monoisotopic (exact) mass is 536 g/mol. The molecule has 0 aliphatic heterocycles. The van der Waals surface area contributed by atoms with Crippen LogP contribution in [0.3, 0.4) is 0 Å². The van der Waals surface area contributed by atoms with Crippen molar-refractivity contribution in [2.45, 2.75) is 60.2 Å². The minimum Gasteiger partial charge on any atom is -0.490 e. The number of hydrogen-bond acceptors (Lipinski definition) is 3. The van der Waals surface area contributed by atoms with Crippen molar-refractivity contribution in [3.05, 3.63) is 109 Å². The van der Waals surface area contributed by atoms with E-state index in [1.165, 1.54) is 12.0 Å². The average molecular weight is 537 g/mol. The summed E-state index contributed by atoms with van der Waals surface area (Å²) < 4.78 is 18.5. The Kier molecular flexibility index (Phi) is 10.1. The van der Waals surface area contributed by atoms with E-state index in [1.54, 1.807) is 0 Å². The Morgan fingerprint density at radius 2 is 1.18 bits per heavy atom. The summed E-state index contributed by atoms with van der Waals surface area (Å²) in [4.78, 5) is 0. The third kappa shape index (κ3) is 7.99. The van der Waals surface area contributed by atoms with Gasteiger partial charge < -0.3 is 14.2 Å². The van der Waals surface area contributed by atoms with Crippen molar-refractivity contribution in [2.75, 3.05) is 13.2 Å². The Labute approximate surface area is 241 Å². The van der Waals surface area contributed by atoms with Gasteiger partial charge >= 0.3 is 0 Å². The highest BCUT2D eigenvalue weighted by Gasteiger charge is 2.27. The molecule has 0 spiro atoms. The molecule has 40 heavy (non-hydrogen) atoms. The highest BCUT2D eigenvalue weighted by Crippen LogP contribution is 2.41. The Morgan fingerprint density at radius 3 is 1.68 bits per heavy atom. The van der Waals surface area contributed by atoms with Gasteiger partial charge in [0.15, 0.2) is 6.29 Å². The van der Waals surface area contributed by atoms with E-state index in [1.807, 2.05) is 19.1 Å². The number of hydrogen-bond donors (Lipinski definition) is 0. The van der Waals surface area contributed by atoms with Crippen LogP contribution in [0.1, 0.15) is 59.4 Å². The molecule has 3 nitrogen and oxygen atoms in total. The summed E-state index contributed by atoms with van der Waals surface area (Å²) in [7, 11) is 0. The van der Waals surface area contributed by atoms with Crippen molar-refractivity contribution in [1.29, 1.82) is 0 Å². The van der Waals surface area contributed by atoms with Crippen LogP contribution in [0.5, 0.6) is 11.5 Å². The van der Waals surface area contributed by atoms with Gasteiger partial charge in [0.1, 0.15) is 18.1 Å². The molecule has 0 aromatic heterocycles. The van der Waals surface area contributed by atoms with Crippen molar-refractivity contribution in [2.24, 2.45) is 11.3 Å². The fourth-order valence-corrected chi connectivity index (χ4v) is 5.21. The van der Waals surface area contributed by atoms with Crippen LogP contribution in [0, 0.1) is 11.3 Å². The predicted molar refractivity (Wildman–Crippen MR) is 167 cm³/mol. The fourth-order valence-electron chi connectivity index (χ4n) is 5.21. The van der Waals surface area contributed by atoms with Gasteiger partial charge in [0.2, 0.25) is 0 Å². The first-order chi connectivity index (χ1) is 19.2. The van der Waals surface area contributed by atoms with Gasteiger partial charge in [-0.25, -0.2) is 0 Å². The summed E-state index contributed by atoms with van der Waals surface area (Å²) in [6.45, 7) is 14.3. The molecule has 210 valence electrons. The molecule has 0 aliphatic carbocycles. The first-order valence-corrected chi connectivity index (χ1v) is 14.5. The molecule has 3 heteroatoms. The van der Waals surface area contributed by atoms with E-state index in [0.717, 1.165) is 33.8 Å². The topological polar surface area (TPSA) is 27.7 Å². The van der Waals surface area contributed by atoms with Gasteiger partial charge in [0.25, 0.3) is 0 Å². The van der Waals surface area contributed by atoms with Gasteiger partial charge in [-0.2, -0.15) is 0 Å². The molecule has 0 saturated heterocycles. The molecule has 0 N–H and O–H groups in total. The van der Waals surface area contributed by atoms with Gasteiger partial charge in [-0.1, -0.05) is 126 Å². The van der Waals surface area contributed by atoms with Crippen LogP contribution in [0.2, 0.25) is 0 Å². The molecule has 2 unspecified atom stereocenters. The molecule has 2 atom stereocenters. The molecule has 0 heterocycles. The normalized spacial score (nSPS) is 13.2. The number of rotatable bonds is 12. The minimum atomic E-state index is -0.388. The molecule has 0 radical (unpaired) electrons. The maximum atomic E-state index is 6.40. The van der Waals surface area contributed by atoms with Gasteiger partial charge in [0.05, 0.1) is 6.61 Å². The summed E-state index contributed by atoms with van der Waals surface area (Å²) in [5.41, 5.74) is 5.95. The lowest BCUT2D eigenvalue weighted by Gasteiger charge is -2.32. The van der Waals surface area contributed by atoms with Crippen LogP contribution >= 0.6 is 0 Å². The number of ether oxygens (including phenoxy) is 3. The predicted octanol–water partition coefficient (Wildman–Crippen LogP) is 10.0. The lowest BCUT2D eigenvalue weighted by Crippen LogP contribution is -2.21. The van der Waals surface area contributed by atoms with Crippen molar-refractivity contribution in [1.82, 2.24) is 0 Å². The highest BCUT2D eigenvalue weighted by molar-refractivity contribution is 5.82. The molecule has 4 aromatic carbocycles. The van der Waals surface area contributed by atoms with Gasteiger partial charge in [0, 0.05) is 11.1 Å². The van der Waals surface area contributed by atoms with Crippen LogP contribution in [-0.4, -0.2) is 19.5 Å². The second-order valence-corrected chi connectivity index (χ2v) is 11.9. The van der Waals surface area contributed by atoms with Crippen LogP contribution in [0.15, 0.2) is 103 Å². The quantitative estimate of drug-likeness (QED) is 0.133. The third-order valence-electron chi connectivity index (χ3n) is 7.20. The Hall–Kier alpha value is -3.56. The maximum Gasteiger partial charge on any atom is 0.197 e. The fraction of sp³-hybridized carbons (Fsp3) is 0.351. The summed E-state index contributed by atoms with van der Waals surface area (Å²) in [6.07, 6.45) is 0.782. The SMILES string of the molecule is CC(C)CC(c1ccc(OC(C)OCCOc2c(-c3ccccc3)cccc2-c2ccccc2)cc1)C(C)(C)C. The molecule has 4 rings (SSSR count). The second-order valence-electron chi connectivity index (χ2n) is 11.9. The molecule has 0 aliphatic rings. The Balaban J connectivity index is 1.38. The smallest absolute Gasteiger partial charge is 0.197 e. The summed E-state index contributed by atoms with van der Waals surface area (Å²) in [5, 5.41) is 0. The molecular formula is C37H44O3. The zero-order valence-electron chi connectivity index (χ0n) is 24.9. The molecule has 4 aromatic rings. The average Bonchev–Trinajstić information content (AvgIpc) is 2.95. The van der Waals surface area contributed by atoms with Crippen LogP contribution in [0.25, 0.3) is 22.3 Å². The number of benzene rings is 4. The van der Waals surface area contributed by atoms with E-state index >= 15 is 0 Å². The zero-order chi connectivity index (χ0) is 28.5. The molecule has 0 bridgehead atoms. The van der Waals surface area contributed by atoms with E-state index in [2.05, 4.69) is 126 Å². The molecular weight excluding hydrogens is 492 g/mol. The van der Waals surface area contributed by atoms with E-state index in [0.29, 0.717) is 25.0 Å². The Bertz CT molecular complexity index is 1250.